The number of thiol groups is 1. The zero-order valence-corrected chi connectivity index (χ0v) is 11.2. The first kappa shape index (κ1) is 13.5. The fourth-order valence-electron chi connectivity index (χ4n) is 1.47. The average molecular weight is 277 g/mol. The minimum atomic E-state index is -0.201. The van der Waals surface area contributed by atoms with Gasteiger partial charge in [0.2, 0.25) is 0 Å². The van der Waals surface area contributed by atoms with E-state index >= 15 is 0 Å². The molecule has 0 atom stereocenters. The number of nitrogens with zero attached hydrogens (tertiary/aromatic N) is 2. The van der Waals surface area contributed by atoms with Gasteiger partial charge in [0.15, 0.2) is 6.73 Å². The van der Waals surface area contributed by atoms with E-state index in [4.69, 9.17) is 4.74 Å². The highest BCUT2D eigenvalue weighted by atomic mass is 32.1. The third kappa shape index (κ3) is 4.03. The van der Waals surface area contributed by atoms with Gasteiger partial charge in [0.25, 0.3) is 5.91 Å². The number of amides is 1. The molecule has 0 aliphatic rings. The molecule has 0 fully saturated rings. The van der Waals surface area contributed by atoms with Crippen LogP contribution in [0.3, 0.4) is 0 Å². The second-order valence-corrected chi connectivity index (χ2v) is 4.25. The standard InChI is InChI=1S/C13H15N3O2S/c17-13(14-7-9-19)12-6-8-16(15-12)10-18-11-4-2-1-3-5-11/h1-6,8,19H,7,9-10H2,(H,14,17). The highest BCUT2D eigenvalue weighted by Crippen LogP contribution is 2.08. The average Bonchev–Trinajstić information content (AvgIpc) is 2.92. The van der Waals surface area contributed by atoms with Crippen LogP contribution in [0, 0.1) is 0 Å². The molecule has 1 N–H and O–H groups in total. The normalized spacial score (nSPS) is 10.2. The van der Waals surface area contributed by atoms with Crippen LogP contribution in [0.25, 0.3) is 0 Å². The molecule has 0 aliphatic heterocycles. The van der Waals surface area contributed by atoms with Crippen molar-refractivity contribution in [3.05, 3.63) is 48.3 Å². The van der Waals surface area contributed by atoms with Gasteiger partial charge in [-0.15, -0.1) is 0 Å². The Morgan fingerprint density at radius 1 is 1.32 bits per heavy atom. The van der Waals surface area contributed by atoms with Gasteiger partial charge in [0.05, 0.1) is 0 Å². The largest absolute Gasteiger partial charge is 0.471 e. The minimum Gasteiger partial charge on any atom is -0.471 e. The zero-order chi connectivity index (χ0) is 13.5. The van der Waals surface area contributed by atoms with Crippen molar-refractivity contribution in [2.45, 2.75) is 6.73 Å². The first-order valence-corrected chi connectivity index (χ1v) is 6.53. The Balaban J connectivity index is 1.89. The van der Waals surface area contributed by atoms with E-state index in [1.807, 2.05) is 30.3 Å². The van der Waals surface area contributed by atoms with Gasteiger partial charge in [-0.3, -0.25) is 4.79 Å². The summed E-state index contributed by atoms with van der Waals surface area (Å²) in [5.41, 5.74) is 0.374. The third-order valence-corrected chi connectivity index (χ3v) is 2.60. The Bertz CT molecular complexity index is 528. The highest BCUT2D eigenvalue weighted by molar-refractivity contribution is 7.80. The Labute approximate surface area is 117 Å². The summed E-state index contributed by atoms with van der Waals surface area (Å²) in [5.74, 6) is 1.16. The quantitative estimate of drug-likeness (QED) is 0.788. The number of ether oxygens (including phenoxy) is 1. The summed E-state index contributed by atoms with van der Waals surface area (Å²) < 4.78 is 7.09. The lowest BCUT2D eigenvalue weighted by atomic mass is 10.3. The molecule has 0 saturated carbocycles. The Morgan fingerprint density at radius 2 is 2.11 bits per heavy atom. The molecule has 0 saturated heterocycles. The molecule has 6 heteroatoms. The van der Waals surface area contributed by atoms with E-state index in [2.05, 4.69) is 23.0 Å². The van der Waals surface area contributed by atoms with Crippen LogP contribution in [0.15, 0.2) is 42.6 Å². The summed E-state index contributed by atoms with van der Waals surface area (Å²) in [7, 11) is 0. The van der Waals surface area contributed by atoms with Crippen LogP contribution in [0.2, 0.25) is 0 Å². The zero-order valence-electron chi connectivity index (χ0n) is 10.3. The predicted molar refractivity (Wildman–Crippen MR) is 75.5 cm³/mol. The maximum absolute atomic E-state index is 11.6. The molecule has 19 heavy (non-hydrogen) atoms. The van der Waals surface area contributed by atoms with Gasteiger partial charge in [-0.2, -0.15) is 17.7 Å². The second-order valence-electron chi connectivity index (χ2n) is 3.81. The molecule has 0 unspecified atom stereocenters. The summed E-state index contributed by atoms with van der Waals surface area (Å²) in [6.07, 6.45) is 1.71. The van der Waals surface area contributed by atoms with Gasteiger partial charge in [0.1, 0.15) is 11.4 Å². The molecule has 1 amide bonds. The number of rotatable bonds is 6. The van der Waals surface area contributed by atoms with Crippen molar-refractivity contribution in [3.63, 3.8) is 0 Å². The van der Waals surface area contributed by atoms with Crippen molar-refractivity contribution >= 4 is 18.5 Å². The molecular formula is C13H15N3O2S. The summed E-state index contributed by atoms with van der Waals surface area (Å²) in [6.45, 7) is 0.791. The molecule has 100 valence electrons. The van der Waals surface area contributed by atoms with Gasteiger partial charge >= 0.3 is 0 Å². The van der Waals surface area contributed by atoms with Crippen LogP contribution in [0.1, 0.15) is 10.5 Å². The summed E-state index contributed by atoms with van der Waals surface area (Å²) >= 11 is 4.03. The van der Waals surface area contributed by atoms with Crippen molar-refractivity contribution in [3.8, 4) is 5.75 Å². The van der Waals surface area contributed by atoms with Crippen LogP contribution < -0.4 is 10.1 Å². The first-order valence-electron chi connectivity index (χ1n) is 5.90. The Kier molecular flexibility index (Phi) is 4.85. The van der Waals surface area contributed by atoms with Gasteiger partial charge in [-0.1, -0.05) is 18.2 Å². The molecule has 1 heterocycles. The van der Waals surface area contributed by atoms with Crippen molar-refractivity contribution in [2.24, 2.45) is 0 Å². The molecule has 2 rings (SSSR count). The lowest BCUT2D eigenvalue weighted by Gasteiger charge is -2.05. The van der Waals surface area contributed by atoms with E-state index < -0.39 is 0 Å². The van der Waals surface area contributed by atoms with Crippen molar-refractivity contribution in [2.75, 3.05) is 12.3 Å². The SMILES string of the molecule is O=C(NCCS)c1ccn(COc2ccccc2)n1. The van der Waals surface area contributed by atoms with Crippen LogP contribution in [-0.2, 0) is 6.73 Å². The highest BCUT2D eigenvalue weighted by Gasteiger charge is 2.08. The van der Waals surface area contributed by atoms with Crippen LogP contribution in [-0.4, -0.2) is 28.0 Å². The number of benzene rings is 1. The molecule has 0 spiro atoms. The monoisotopic (exact) mass is 277 g/mol. The van der Waals surface area contributed by atoms with Gasteiger partial charge in [-0.25, -0.2) is 4.68 Å². The fourth-order valence-corrected chi connectivity index (χ4v) is 1.58. The number of carbonyl (C=O) groups excluding carboxylic acids is 1. The van der Waals surface area contributed by atoms with Gasteiger partial charge in [0, 0.05) is 18.5 Å². The number of hydrogen-bond acceptors (Lipinski definition) is 4. The van der Waals surface area contributed by atoms with Crippen LogP contribution >= 0.6 is 12.6 Å². The van der Waals surface area contributed by atoms with Crippen molar-refractivity contribution in [1.29, 1.82) is 0 Å². The molecule has 0 bridgehead atoms. The van der Waals surface area contributed by atoms with Crippen LogP contribution in [0.5, 0.6) is 5.75 Å². The number of para-hydroxylation sites is 1. The Hall–Kier alpha value is -1.95. The van der Waals surface area contributed by atoms with Gasteiger partial charge < -0.3 is 10.1 Å². The molecule has 1 aromatic heterocycles. The smallest absolute Gasteiger partial charge is 0.271 e. The molecule has 2 aromatic rings. The topological polar surface area (TPSA) is 56.2 Å². The second kappa shape index (κ2) is 6.84. The lowest BCUT2D eigenvalue weighted by molar-refractivity contribution is 0.0949. The number of carbonyl (C=O) groups is 1. The molecule has 5 nitrogen and oxygen atoms in total. The minimum absolute atomic E-state index is 0.201. The van der Waals surface area contributed by atoms with Crippen molar-refractivity contribution < 1.29 is 9.53 Å². The van der Waals surface area contributed by atoms with Gasteiger partial charge in [-0.05, 0) is 18.2 Å². The fraction of sp³-hybridized carbons (Fsp3) is 0.231. The lowest BCUT2D eigenvalue weighted by Crippen LogP contribution is -2.25. The Morgan fingerprint density at radius 3 is 2.84 bits per heavy atom. The number of aromatic nitrogens is 2. The van der Waals surface area contributed by atoms with Crippen molar-refractivity contribution in [1.82, 2.24) is 15.1 Å². The molecule has 0 aliphatic carbocycles. The van der Waals surface area contributed by atoms with E-state index in [0.29, 0.717) is 18.0 Å². The maximum atomic E-state index is 11.6. The van der Waals surface area contributed by atoms with E-state index in [-0.39, 0.29) is 12.6 Å². The number of hydrogen-bond donors (Lipinski definition) is 2. The van der Waals surface area contributed by atoms with Crippen LogP contribution in [0.4, 0.5) is 0 Å². The third-order valence-electron chi connectivity index (χ3n) is 2.38. The number of nitrogens with one attached hydrogen (secondary N) is 1. The first-order chi connectivity index (χ1) is 9.29. The maximum Gasteiger partial charge on any atom is 0.271 e. The predicted octanol–water partition coefficient (Wildman–Crippen LogP) is 1.58. The summed E-state index contributed by atoms with van der Waals surface area (Å²) in [4.78, 5) is 11.6. The molecular weight excluding hydrogens is 262 g/mol. The van der Waals surface area contributed by atoms with E-state index in [9.17, 15) is 4.79 Å². The summed E-state index contributed by atoms with van der Waals surface area (Å²) in [5, 5.41) is 6.84. The molecule has 0 radical (unpaired) electrons. The van der Waals surface area contributed by atoms with E-state index in [0.717, 1.165) is 5.75 Å². The van der Waals surface area contributed by atoms with E-state index in [1.54, 1.807) is 16.9 Å². The summed E-state index contributed by atoms with van der Waals surface area (Å²) in [6, 6.07) is 11.1. The van der Waals surface area contributed by atoms with E-state index in [1.165, 1.54) is 0 Å². The molecule has 1 aromatic carbocycles.